The Balaban J connectivity index is 3.17. The number of hydrogen-bond donors (Lipinski definition) is 0. The van der Waals surface area contributed by atoms with Crippen molar-refractivity contribution in [3.05, 3.63) is 0 Å². The number of hydrogen-bond acceptors (Lipinski definition) is 3. The van der Waals surface area contributed by atoms with Crippen molar-refractivity contribution < 1.29 is 12.4 Å². The molecule has 0 aliphatic rings. The van der Waals surface area contributed by atoms with Crippen molar-refractivity contribution >= 4 is 21.5 Å². The summed E-state index contributed by atoms with van der Waals surface area (Å²) in [5, 5.41) is 0. The minimum atomic E-state index is -1.35. The summed E-state index contributed by atoms with van der Waals surface area (Å²) in [6.07, 6.45) is 0.301. The molecule has 0 heterocycles. The van der Waals surface area contributed by atoms with Gasteiger partial charge in [-0.2, -0.15) is 0 Å². The van der Waals surface area contributed by atoms with Crippen LogP contribution in [0, 0.1) is 0 Å². The summed E-state index contributed by atoms with van der Waals surface area (Å²) in [5.74, 6) is -0.398. The van der Waals surface area contributed by atoms with E-state index in [-0.39, 0.29) is 0 Å². The van der Waals surface area contributed by atoms with Gasteiger partial charge in [0.1, 0.15) is 0 Å². The van der Waals surface area contributed by atoms with E-state index in [1.807, 2.05) is 0 Å². The Morgan fingerprint density at radius 3 is 2.57 bits per heavy atom. The second-order valence-electron chi connectivity index (χ2n) is 0.940. The van der Waals surface area contributed by atoms with Gasteiger partial charge in [0, 0.05) is 0 Å². The summed E-state index contributed by atoms with van der Waals surface area (Å²) in [6.45, 7) is 1.65. The molecule has 0 aromatic carbocycles. The predicted molar refractivity (Wildman–Crippen MR) is 22.8 cm³/mol. The Kier molecular flexibility index (Phi) is 3.86. The fraction of sp³-hybridized carbons (Fsp3) is 0.667. The summed E-state index contributed by atoms with van der Waals surface area (Å²) in [5.41, 5.74) is 0. The van der Waals surface area contributed by atoms with E-state index in [0.29, 0.717) is 6.42 Å². The molecule has 7 heavy (non-hydrogen) atoms. The van der Waals surface area contributed by atoms with E-state index in [1.165, 1.54) is 0 Å². The zero-order valence-corrected chi connectivity index (χ0v) is 5.16. The first-order valence-electron chi connectivity index (χ1n) is 1.94. The van der Waals surface area contributed by atoms with Gasteiger partial charge in [-0.05, 0) is 0 Å². The van der Waals surface area contributed by atoms with Crippen LogP contribution in [0.5, 0.6) is 0 Å². The van der Waals surface area contributed by atoms with E-state index in [9.17, 15) is 8.60 Å². The maximum atomic E-state index is 10.0. The molecule has 38 valence electrons. The third-order valence-electron chi connectivity index (χ3n) is 0.468. The molecule has 0 unspecified atom stereocenters. The van der Waals surface area contributed by atoms with Crippen LogP contribution in [0.25, 0.3) is 0 Å². The average Bonchev–Trinajstić information content (AvgIpc) is 1.68. The van der Waals surface area contributed by atoms with E-state index in [2.05, 4.69) is 3.79 Å². The third-order valence-corrected chi connectivity index (χ3v) is 0.827. The van der Waals surface area contributed by atoms with Crippen LogP contribution in [0.3, 0.4) is 0 Å². The minimum absolute atomic E-state index is 0.301. The van der Waals surface area contributed by atoms with E-state index < -0.39 is 21.5 Å². The first-order chi connectivity index (χ1) is 3.31. The van der Waals surface area contributed by atoms with Gasteiger partial charge >= 0.3 is 47.2 Å². The first kappa shape index (κ1) is 6.80. The van der Waals surface area contributed by atoms with Crippen LogP contribution < -0.4 is 0 Å². The van der Waals surface area contributed by atoms with Crippen molar-refractivity contribution in [2.45, 2.75) is 13.3 Å². The monoisotopic (exact) mass is 116 g/mol. The maximum absolute atomic E-state index is 10.0. The summed E-state index contributed by atoms with van der Waals surface area (Å²) in [7, 11) is 0. The van der Waals surface area contributed by atoms with Crippen LogP contribution in [-0.2, 0) is 12.4 Å². The molecule has 0 fully saturated rings. The van der Waals surface area contributed by atoms with Crippen LogP contribution in [0.1, 0.15) is 13.3 Å². The molecule has 0 aliphatic heterocycles. The van der Waals surface area contributed by atoms with Crippen molar-refractivity contribution in [1.82, 2.24) is 0 Å². The summed E-state index contributed by atoms with van der Waals surface area (Å²) in [6, 6.07) is 0. The Labute approximate surface area is 47.9 Å². The second kappa shape index (κ2) is 3.97. The second-order valence-corrected chi connectivity index (χ2v) is 1.37. The Morgan fingerprint density at radius 1 is 1.86 bits per heavy atom. The summed E-state index contributed by atoms with van der Waals surface area (Å²) in [4.78, 5) is 10.0. The van der Waals surface area contributed by atoms with Gasteiger partial charge in [-0.1, -0.05) is 0 Å². The van der Waals surface area contributed by atoms with Crippen molar-refractivity contribution in [2.24, 2.45) is 0 Å². The van der Waals surface area contributed by atoms with Crippen molar-refractivity contribution in [3.8, 4) is 0 Å². The van der Waals surface area contributed by atoms with Gasteiger partial charge in [-0.15, -0.1) is 0 Å². The standard InChI is InChI=1S/C3H6O2.Al.O/c1-2-3(4)5;;/h2H2,1H3,(H,4,5);;/q;+1;/p-1. The fourth-order valence-corrected chi connectivity index (χ4v) is 0.411. The molecule has 0 atom stereocenters. The van der Waals surface area contributed by atoms with Gasteiger partial charge in [0.15, 0.2) is 0 Å². The van der Waals surface area contributed by atoms with Gasteiger partial charge < -0.3 is 0 Å². The van der Waals surface area contributed by atoms with E-state index in [0.717, 1.165) is 0 Å². The molecule has 0 aromatic heterocycles. The Bertz CT molecular complexity index is 80.2. The molecule has 0 N–H and O–H groups in total. The van der Waals surface area contributed by atoms with Crippen molar-refractivity contribution in [3.63, 3.8) is 0 Å². The van der Waals surface area contributed by atoms with Crippen LogP contribution >= 0.6 is 0 Å². The molecule has 4 heteroatoms. The molecule has 0 saturated carbocycles. The predicted octanol–water partition coefficient (Wildman–Crippen LogP) is -0.0957. The number of carbonyl (C=O) groups is 1. The van der Waals surface area contributed by atoms with Crippen LogP contribution in [0.4, 0.5) is 0 Å². The molecule has 0 radical (unpaired) electrons. The molecule has 0 aliphatic carbocycles. The molecular weight excluding hydrogens is 111 g/mol. The molecule has 3 nitrogen and oxygen atoms in total. The SMILES string of the molecule is CCC(=O)[O][Al]=[O]. The topological polar surface area (TPSA) is 43.4 Å². The van der Waals surface area contributed by atoms with Crippen molar-refractivity contribution in [2.75, 3.05) is 0 Å². The number of rotatable bonds is 2. The molecule has 0 bridgehead atoms. The van der Waals surface area contributed by atoms with Crippen LogP contribution in [0.15, 0.2) is 0 Å². The van der Waals surface area contributed by atoms with Gasteiger partial charge in [0.2, 0.25) is 0 Å². The zero-order valence-electron chi connectivity index (χ0n) is 4.01. The molecule has 0 spiro atoms. The molecular formula is C3H5AlO3. The van der Waals surface area contributed by atoms with Gasteiger partial charge in [0.05, 0.1) is 0 Å². The van der Waals surface area contributed by atoms with E-state index in [4.69, 9.17) is 0 Å². The molecule has 0 saturated heterocycles. The zero-order chi connectivity index (χ0) is 5.70. The van der Waals surface area contributed by atoms with E-state index in [1.54, 1.807) is 6.92 Å². The quantitative estimate of drug-likeness (QED) is 0.473. The molecule has 0 rings (SSSR count). The fourth-order valence-electron chi connectivity index (χ4n) is 0.137. The van der Waals surface area contributed by atoms with Crippen LogP contribution in [0.2, 0.25) is 0 Å². The van der Waals surface area contributed by atoms with E-state index >= 15 is 0 Å². The first-order valence-corrected chi connectivity index (χ1v) is 2.88. The normalized spacial score (nSPS) is 7.00. The van der Waals surface area contributed by atoms with Gasteiger partial charge in [0.25, 0.3) is 0 Å². The molecule has 0 amide bonds. The molecule has 0 aromatic rings. The van der Waals surface area contributed by atoms with Crippen molar-refractivity contribution in [1.29, 1.82) is 0 Å². The Morgan fingerprint density at radius 2 is 2.43 bits per heavy atom. The number of carbonyl (C=O) groups excluding carboxylic acids is 1. The Hall–Kier alpha value is -0.198. The third kappa shape index (κ3) is 3.64. The van der Waals surface area contributed by atoms with Gasteiger partial charge in [-0.3, -0.25) is 0 Å². The van der Waals surface area contributed by atoms with Gasteiger partial charge in [-0.25, -0.2) is 0 Å². The van der Waals surface area contributed by atoms with Crippen LogP contribution in [-0.4, -0.2) is 21.5 Å². The summed E-state index contributed by atoms with van der Waals surface area (Å²) < 4.78 is 13.6. The average molecular weight is 116 g/mol. The summed E-state index contributed by atoms with van der Waals surface area (Å²) >= 11 is -1.35.